The molecule has 2 aromatic rings. The average Bonchev–Trinajstić information content (AvgIpc) is 2.62. The van der Waals surface area contributed by atoms with Gasteiger partial charge in [-0.25, -0.2) is 4.79 Å². The zero-order valence-electron chi connectivity index (χ0n) is 8.43. The maximum atomic E-state index is 10.3. The molecular weight excluding hydrogens is 226 g/mol. The summed E-state index contributed by atoms with van der Waals surface area (Å²) >= 11 is 6.08. The molecule has 0 saturated carbocycles. The van der Waals surface area contributed by atoms with E-state index in [-0.39, 0.29) is 0 Å². The SMILES string of the molecule is O=C(O)/C=C/Cn1ccc2cccc(Cl)c21. The minimum atomic E-state index is -0.942. The summed E-state index contributed by atoms with van der Waals surface area (Å²) in [5.41, 5.74) is 0.930. The monoisotopic (exact) mass is 235 g/mol. The number of para-hydroxylation sites is 1. The van der Waals surface area contributed by atoms with Crippen LogP contribution in [0.4, 0.5) is 0 Å². The summed E-state index contributed by atoms with van der Waals surface area (Å²) in [7, 11) is 0. The van der Waals surface area contributed by atoms with Crippen molar-refractivity contribution in [2.45, 2.75) is 6.54 Å². The van der Waals surface area contributed by atoms with Crippen molar-refractivity contribution in [3.05, 3.63) is 47.6 Å². The molecule has 16 heavy (non-hydrogen) atoms. The van der Waals surface area contributed by atoms with Gasteiger partial charge in [0.05, 0.1) is 10.5 Å². The van der Waals surface area contributed by atoms with Gasteiger partial charge in [-0.3, -0.25) is 0 Å². The summed E-state index contributed by atoms with van der Waals surface area (Å²) in [6.45, 7) is 0.500. The zero-order chi connectivity index (χ0) is 11.5. The van der Waals surface area contributed by atoms with E-state index in [1.54, 1.807) is 6.08 Å². The summed E-state index contributed by atoms with van der Waals surface area (Å²) in [5, 5.41) is 10.2. The molecule has 1 aromatic heterocycles. The predicted octanol–water partition coefficient (Wildman–Crippen LogP) is 2.94. The topological polar surface area (TPSA) is 42.2 Å². The van der Waals surface area contributed by atoms with Gasteiger partial charge in [-0.05, 0) is 12.1 Å². The Balaban J connectivity index is 2.35. The Morgan fingerprint density at radius 1 is 1.44 bits per heavy atom. The van der Waals surface area contributed by atoms with Crippen LogP contribution in [-0.4, -0.2) is 15.6 Å². The first-order chi connectivity index (χ1) is 7.68. The number of hydrogen-bond acceptors (Lipinski definition) is 1. The lowest BCUT2D eigenvalue weighted by Crippen LogP contribution is -1.94. The molecule has 1 N–H and O–H groups in total. The van der Waals surface area contributed by atoms with E-state index >= 15 is 0 Å². The van der Waals surface area contributed by atoms with Crippen LogP contribution in [0.1, 0.15) is 0 Å². The Kier molecular flexibility index (Phi) is 2.97. The van der Waals surface area contributed by atoms with Gasteiger partial charge in [-0.1, -0.05) is 29.8 Å². The van der Waals surface area contributed by atoms with Crippen LogP contribution in [0, 0.1) is 0 Å². The Hall–Kier alpha value is -1.74. The lowest BCUT2D eigenvalue weighted by molar-refractivity contribution is -0.131. The summed E-state index contributed by atoms with van der Waals surface area (Å²) in [6.07, 6.45) is 4.61. The number of rotatable bonds is 3. The van der Waals surface area contributed by atoms with Crippen molar-refractivity contribution in [1.29, 1.82) is 0 Å². The van der Waals surface area contributed by atoms with E-state index < -0.39 is 5.97 Å². The Morgan fingerprint density at radius 2 is 2.25 bits per heavy atom. The Morgan fingerprint density at radius 3 is 3.00 bits per heavy atom. The van der Waals surface area contributed by atoms with Crippen LogP contribution in [0.25, 0.3) is 10.9 Å². The number of halogens is 1. The highest BCUT2D eigenvalue weighted by atomic mass is 35.5. The van der Waals surface area contributed by atoms with Crippen LogP contribution in [-0.2, 0) is 11.3 Å². The Bertz CT molecular complexity index is 557. The predicted molar refractivity (Wildman–Crippen MR) is 63.7 cm³/mol. The standard InChI is InChI=1S/C12H10ClNO2/c13-10-4-1-3-9-6-8-14(12(9)10)7-2-5-11(15)16/h1-6,8H,7H2,(H,15,16)/b5-2+. The van der Waals surface area contributed by atoms with Gasteiger partial charge in [0.25, 0.3) is 0 Å². The third-order valence-electron chi connectivity index (χ3n) is 2.30. The molecule has 0 fully saturated rings. The van der Waals surface area contributed by atoms with Gasteiger partial charge >= 0.3 is 5.97 Å². The number of nitrogens with zero attached hydrogens (tertiary/aromatic N) is 1. The van der Waals surface area contributed by atoms with E-state index in [0.717, 1.165) is 17.0 Å². The summed E-state index contributed by atoms with van der Waals surface area (Å²) < 4.78 is 1.91. The van der Waals surface area contributed by atoms with Crippen molar-refractivity contribution in [3.8, 4) is 0 Å². The van der Waals surface area contributed by atoms with Crippen molar-refractivity contribution in [2.75, 3.05) is 0 Å². The van der Waals surface area contributed by atoms with Crippen LogP contribution in [0.2, 0.25) is 5.02 Å². The molecule has 0 saturated heterocycles. The summed E-state index contributed by atoms with van der Waals surface area (Å²) in [5.74, 6) is -0.942. The molecule has 0 aliphatic carbocycles. The quantitative estimate of drug-likeness (QED) is 0.832. The molecule has 1 heterocycles. The smallest absolute Gasteiger partial charge is 0.328 e. The lowest BCUT2D eigenvalue weighted by atomic mass is 10.2. The summed E-state index contributed by atoms with van der Waals surface area (Å²) in [4.78, 5) is 10.3. The van der Waals surface area contributed by atoms with Crippen LogP contribution >= 0.6 is 11.6 Å². The molecule has 0 atom stereocenters. The van der Waals surface area contributed by atoms with E-state index in [4.69, 9.17) is 16.7 Å². The number of aromatic nitrogens is 1. The second-order valence-corrected chi connectivity index (χ2v) is 3.79. The third-order valence-corrected chi connectivity index (χ3v) is 2.61. The fourth-order valence-electron chi connectivity index (χ4n) is 1.63. The number of allylic oxidation sites excluding steroid dienone is 1. The molecule has 82 valence electrons. The highest BCUT2D eigenvalue weighted by molar-refractivity contribution is 6.35. The number of carboxylic acid groups (broad SMARTS) is 1. The number of carbonyl (C=O) groups is 1. The van der Waals surface area contributed by atoms with Gasteiger partial charge in [-0.2, -0.15) is 0 Å². The average molecular weight is 236 g/mol. The molecule has 0 spiro atoms. The van der Waals surface area contributed by atoms with E-state index in [0.29, 0.717) is 11.6 Å². The van der Waals surface area contributed by atoms with E-state index in [9.17, 15) is 4.79 Å². The van der Waals surface area contributed by atoms with E-state index in [2.05, 4.69) is 0 Å². The number of carboxylic acids is 1. The minimum absolute atomic E-state index is 0.500. The molecule has 0 unspecified atom stereocenters. The summed E-state index contributed by atoms with van der Waals surface area (Å²) in [6, 6.07) is 7.64. The first-order valence-corrected chi connectivity index (χ1v) is 5.19. The largest absolute Gasteiger partial charge is 0.478 e. The highest BCUT2D eigenvalue weighted by Gasteiger charge is 2.03. The first kappa shape index (κ1) is 10.8. The fraction of sp³-hybridized carbons (Fsp3) is 0.0833. The van der Waals surface area contributed by atoms with Crippen molar-refractivity contribution in [3.63, 3.8) is 0 Å². The van der Waals surface area contributed by atoms with Crippen LogP contribution < -0.4 is 0 Å². The molecule has 0 amide bonds. The molecule has 2 rings (SSSR count). The van der Waals surface area contributed by atoms with Crippen LogP contribution in [0.5, 0.6) is 0 Å². The van der Waals surface area contributed by atoms with Crippen molar-refractivity contribution >= 4 is 28.5 Å². The van der Waals surface area contributed by atoms with Crippen molar-refractivity contribution in [2.24, 2.45) is 0 Å². The number of hydrogen-bond donors (Lipinski definition) is 1. The van der Waals surface area contributed by atoms with E-state index in [1.807, 2.05) is 35.0 Å². The second kappa shape index (κ2) is 4.41. The van der Waals surface area contributed by atoms with Crippen LogP contribution in [0.15, 0.2) is 42.6 Å². The van der Waals surface area contributed by atoms with Crippen molar-refractivity contribution in [1.82, 2.24) is 4.57 Å². The molecule has 4 heteroatoms. The molecule has 0 aliphatic heterocycles. The molecule has 0 radical (unpaired) electrons. The third kappa shape index (κ3) is 2.09. The molecule has 0 aliphatic rings. The molecule has 1 aromatic carbocycles. The van der Waals surface area contributed by atoms with Gasteiger partial charge in [0.15, 0.2) is 0 Å². The van der Waals surface area contributed by atoms with Gasteiger partial charge in [0.1, 0.15) is 0 Å². The number of aliphatic carboxylic acids is 1. The van der Waals surface area contributed by atoms with E-state index in [1.165, 1.54) is 0 Å². The van der Waals surface area contributed by atoms with Gasteiger partial charge in [-0.15, -0.1) is 0 Å². The van der Waals surface area contributed by atoms with Gasteiger partial charge < -0.3 is 9.67 Å². The maximum absolute atomic E-state index is 10.3. The highest BCUT2D eigenvalue weighted by Crippen LogP contribution is 2.24. The fourth-order valence-corrected chi connectivity index (χ4v) is 1.92. The second-order valence-electron chi connectivity index (χ2n) is 3.39. The van der Waals surface area contributed by atoms with Gasteiger partial charge in [0, 0.05) is 24.2 Å². The van der Waals surface area contributed by atoms with Crippen LogP contribution in [0.3, 0.4) is 0 Å². The molecule has 3 nitrogen and oxygen atoms in total. The normalized spacial score (nSPS) is 11.3. The van der Waals surface area contributed by atoms with Gasteiger partial charge in [0.2, 0.25) is 0 Å². The Labute approximate surface area is 97.6 Å². The first-order valence-electron chi connectivity index (χ1n) is 4.81. The molecular formula is C12H10ClNO2. The number of fused-ring (bicyclic) bond motifs is 1. The van der Waals surface area contributed by atoms with Crippen molar-refractivity contribution < 1.29 is 9.90 Å². The molecule has 0 bridgehead atoms. The number of benzene rings is 1. The lowest BCUT2D eigenvalue weighted by Gasteiger charge is -2.02. The maximum Gasteiger partial charge on any atom is 0.328 e. The zero-order valence-corrected chi connectivity index (χ0v) is 9.19. The minimum Gasteiger partial charge on any atom is -0.478 e.